The Labute approximate surface area is 195 Å². The third-order valence-corrected chi connectivity index (χ3v) is 6.33. The van der Waals surface area contributed by atoms with E-state index in [1.807, 2.05) is 5.32 Å². The standard InChI is InChI=1S/C21H20F3N3O6S/c1-9-11(3)34-19(26-18(29)12-4-5-12)16(9)20(30)33-10(2)17(28)25-15-7-6-13(27(31)32)8-14(15)21(22,23)24/h6-8,10,12H,4-5H2,1-3H3,(H,25,28)(H,26,29)/t10-/m0/s1. The lowest BCUT2D eigenvalue weighted by molar-refractivity contribution is -0.385. The summed E-state index contributed by atoms with van der Waals surface area (Å²) in [6.07, 6.45) is -4.96. The Balaban J connectivity index is 1.76. The van der Waals surface area contributed by atoms with E-state index in [0.717, 1.165) is 29.9 Å². The molecule has 1 aliphatic rings. The number of rotatable bonds is 7. The van der Waals surface area contributed by atoms with Crippen LogP contribution in [0.4, 0.5) is 29.5 Å². The highest BCUT2D eigenvalue weighted by atomic mass is 32.1. The maximum atomic E-state index is 13.3. The van der Waals surface area contributed by atoms with Gasteiger partial charge in [0.05, 0.1) is 21.7 Å². The van der Waals surface area contributed by atoms with Gasteiger partial charge < -0.3 is 15.4 Å². The lowest BCUT2D eigenvalue weighted by Gasteiger charge is -2.17. The number of amides is 2. The smallest absolute Gasteiger partial charge is 0.418 e. The summed E-state index contributed by atoms with van der Waals surface area (Å²) in [6, 6.07) is 1.87. The summed E-state index contributed by atoms with van der Waals surface area (Å²) >= 11 is 1.18. The van der Waals surface area contributed by atoms with Gasteiger partial charge in [0.1, 0.15) is 5.00 Å². The molecule has 2 amide bonds. The van der Waals surface area contributed by atoms with Crippen molar-refractivity contribution >= 4 is 45.5 Å². The first-order valence-electron chi connectivity index (χ1n) is 10.1. The SMILES string of the molecule is Cc1sc(NC(=O)C2CC2)c(C(=O)O[C@@H](C)C(=O)Nc2ccc([N+](=O)[O-])cc2C(F)(F)F)c1C. The fourth-order valence-corrected chi connectivity index (χ4v) is 4.07. The van der Waals surface area contributed by atoms with Crippen molar-refractivity contribution in [2.45, 2.75) is 45.9 Å². The molecule has 13 heteroatoms. The Morgan fingerprint density at radius 3 is 2.41 bits per heavy atom. The molecular weight excluding hydrogens is 479 g/mol. The zero-order valence-electron chi connectivity index (χ0n) is 18.2. The summed E-state index contributed by atoms with van der Waals surface area (Å²) in [4.78, 5) is 47.9. The quantitative estimate of drug-likeness (QED) is 0.319. The minimum absolute atomic E-state index is 0.0717. The van der Waals surface area contributed by atoms with Gasteiger partial charge in [-0.3, -0.25) is 19.7 Å². The van der Waals surface area contributed by atoms with Crippen LogP contribution < -0.4 is 10.6 Å². The Morgan fingerprint density at radius 2 is 1.85 bits per heavy atom. The largest absolute Gasteiger partial charge is 0.449 e. The second-order valence-corrected chi connectivity index (χ2v) is 9.00. The third-order valence-electron chi connectivity index (χ3n) is 5.20. The Hall–Kier alpha value is -3.48. The first-order chi connectivity index (χ1) is 15.8. The first kappa shape index (κ1) is 25.1. The minimum atomic E-state index is -4.98. The number of esters is 1. The molecule has 1 saturated carbocycles. The molecule has 1 aliphatic carbocycles. The second kappa shape index (κ2) is 9.41. The average Bonchev–Trinajstić information content (AvgIpc) is 3.54. The van der Waals surface area contributed by atoms with E-state index in [-0.39, 0.29) is 22.4 Å². The van der Waals surface area contributed by atoms with Gasteiger partial charge in [-0.05, 0) is 45.2 Å². The van der Waals surface area contributed by atoms with Gasteiger partial charge in [-0.25, -0.2) is 4.79 Å². The molecule has 9 nitrogen and oxygen atoms in total. The summed E-state index contributed by atoms with van der Waals surface area (Å²) in [5.41, 5.74) is -2.31. The highest BCUT2D eigenvalue weighted by Gasteiger charge is 2.36. The van der Waals surface area contributed by atoms with Crippen molar-refractivity contribution in [2.24, 2.45) is 5.92 Å². The van der Waals surface area contributed by atoms with Crippen LogP contribution in [-0.2, 0) is 20.5 Å². The van der Waals surface area contributed by atoms with Gasteiger partial charge in [-0.15, -0.1) is 11.3 Å². The molecule has 1 aromatic heterocycles. The summed E-state index contributed by atoms with van der Waals surface area (Å²) in [6.45, 7) is 4.56. The van der Waals surface area contributed by atoms with Crippen molar-refractivity contribution < 1.29 is 37.2 Å². The van der Waals surface area contributed by atoms with Crippen LogP contribution >= 0.6 is 11.3 Å². The maximum absolute atomic E-state index is 13.3. The van der Waals surface area contributed by atoms with Crippen molar-refractivity contribution in [3.8, 4) is 0 Å². The van der Waals surface area contributed by atoms with Gasteiger partial charge >= 0.3 is 12.1 Å². The summed E-state index contributed by atoms with van der Waals surface area (Å²) in [5.74, 6) is -2.32. The van der Waals surface area contributed by atoms with E-state index in [1.54, 1.807) is 13.8 Å². The number of nitrogens with zero attached hydrogens (tertiary/aromatic N) is 1. The number of nitro benzene ring substituents is 1. The van der Waals surface area contributed by atoms with Crippen LogP contribution in [0.5, 0.6) is 0 Å². The fourth-order valence-electron chi connectivity index (χ4n) is 3.02. The lowest BCUT2D eigenvalue weighted by atomic mass is 10.1. The number of alkyl halides is 3. The third kappa shape index (κ3) is 5.53. The zero-order valence-corrected chi connectivity index (χ0v) is 19.1. The molecule has 3 rings (SSSR count). The number of thiophene rings is 1. The molecule has 0 radical (unpaired) electrons. The highest BCUT2D eigenvalue weighted by molar-refractivity contribution is 7.16. The summed E-state index contributed by atoms with van der Waals surface area (Å²) < 4.78 is 45.2. The molecule has 0 saturated heterocycles. The number of carbonyl (C=O) groups excluding carboxylic acids is 3. The van der Waals surface area contributed by atoms with Crippen molar-refractivity contribution in [2.75, 3.05) is 10.6 Å². The van der Waals surface area contributed by atoms with Crippen LogP contribution in [0.1, 0.15) is 46.1 Å². The maximum Gasteiger partial charge on any atom is 0.418 e. The van der Waals surface area contributed by atoms with Gasteiger partial charge in [-0.2, -0.15) is 13.2 Å². The summed E-state index contributed by atoms with van der Waals surface area (Å²) in [7, 11) is 0. The number of nitro groups is 1. The van der Waals surface area contributed by atoms with E-state index in [0.29, 0.717) is 11.6 Å². The molecule has 0 unspecified atom stereocenters. The monoisotopic (exact) mass is 499 g/mol. The van der Waals surface area contributed by atoms with Gasteiger partial charge in [0, 0.05) is 22.9 Å². The van der Waals surface area contributed by atoms with Gasteiger partial charge in [0.2, 0.25) is 5.91 Å². The Kier molecular flexibility index (Phi) is 6.96. The van der Waals surface area contributed by atoms with Crippen LogP contribution in [0.25, 0.3) is 0 Å². The predicted molar refractivity (Wildman–Crippen MR) is 117 cm³/mol. The number of nitrogens with one attached hydrogen (secondary N) is 2. The predicted octanol–water partition coefficient (Wildman–Crippen LogP) is 4.82. The van der Waals surface area contributed by atoms with Gasteiger partial charge in [-0.1, -0.05) is 0 Å². The van der Waals surface area contributed by atoms with Crippen molar-refractivity contribution in [1.82, 2.24) is 0 Å². The number of halogens is 3. The van der Waals surface area contributed by atoms with Gasteiger partial charge in [0.25, 0.3) is 11.6 Å². The Morgan fingerprint density at radius 1 is 1.21 bits per heavy atom. The Bertz CT molecular complexity index is 1170. The normalized spacial score (nSPS) is 14.3. The molecule has 2 N–H and O–H groups in total. The highest BCUT2D eigenvalue weighted by Crippen LogP contribution is 2.38. The van der Waals surface area contributed by atoms with E-state index in [2.05, 4.69) is 5.32 Å². The van der Waals surface area contributed by atoms with Crippen molar-refractivity contribution in [3.63, 3.8) is 0 Å². The molecule has 182 valence electrons. The number of aryl methyl sites for hydroxylation is 1. The summed E-state index contributed by atoms with van der Waals surface area (Å²) in [5, 5.41) is 15.8. The number of hydrogen-bond donors (Lipinski definition) is 2. The average molecular weight is 499 g/mol. The van der Waals surface area contributed by atoms with E-state index < -0.39 is 46.0 Å². The molecule has 1 atom stereocenters. The number of anilines is 2. The minimum Gasteiger partial charge on any atom is -0.449 e. The number of benzene rings is 1. The molecule has 0 aliphatic heterocycles. The number of non-ortho nitro benzene ring substituents is 1. The number of carbonyl (C=O) groups is 3. The molecule has 1 aromatic carbocycles. The van der Waals surface area contributed by atoms with Crippen LogP contribution in [-0.4, -0.2) is 28.8 Å². The van der Waals surface area contributed by atoms with Crippen molar-refractivity contribution in [1.29, 1.82) is 0 Å². The van der Waals surface area contributed by atoms with E-state index in [1.165, 1.54) is 18.3 Å². The molecule has 0 bridgehead atoms. The van der Waals surface area contributed by atoms with E-state index in [4.69, 9.17) is 4.74 Å². The number of hydrogen-bond acceptors (Lipinski definition) is 7. The van der Waals surface area contributed by atoms with E-state index >= 15 is 0 Å². The molecule has 1 fully saturated rings. The molecule has 2 aromatic rings. The zero-order chi connectivity index (χ0) is 25.4. The van der Waals surface area contributed by atoms with E-state index in [9.17, 15) is 37.7 Å². The first-order valence-corrected chi connectivity index (χ1v) is 10.9. The van der Waals surface area contributed by atoms with Crippen LogP contribution in [0.2, 0.25) is 0 Å². The van der Waals surface area contributed by atoms with Crippen LogP contribution in [0.3, 0.4) is 0 Å². The van der Waals surface area contributed by atoms with Crippen molar-refractivity contribution in [3.05, 3.63) is 49.9 Å². The molecule has 34 heavy (non-hydrogen) atoms. The fraction of sp³-hybridized carbons (Fsp3) is 0.381. The lowest BCUT2D eigenvalue weighted by Crippen LogP contribution is -2.31. The topological polar surface area (TPSA) is 128 Å². The van der Waals surface area contributed by atoms with Crippen LogP contribution in [0.15, 0.2) is 18.2 Å². The molecule has 0 spiro atoms. The molecular formula is C21H20F3N3O6S. The number of ether oxygens (including phenoxy) is 1. The van der Waals surface area contributed by atoms with Crippen LogP contribution in [0, 0.1) is 29.9 Å². The van der Waals surface area contributed by atoms with Gasteiger partial charge in [0.15, 0.2) is 6.10 Å². The molecule has 1 heterocycles. The second-order valence-electron chi connectivity index (χ2n) is 7.77.